The van der Waals surface area contributed by atoms with Crippen LogP contribution in [-0.2, 0) is 9.53 Å². The van der Waals surface area contributed by atoms with Crippen molar-refractivity contribution in [3.05, 3.63) is 48.3 Å². The van der Waals surface area contributed by atoms with Gasteiger partial charge in [0.25, 0.3) is 0 Å². The van der Waals surface area contributed by atoms with Gasteiger partial charge in [-0.1, -0.05) is 31.4 Å². The topological polar surface area (TPSA) is 70.6 Å². The second-order valence-corrected chi connectivity index (χ2v) is 9.07. The maximum absolute atomic E-state index is 13.3. The van der Waals surface area contributed by atoms with Crippen LogP contribution in [0, 0.1) is 0 Å². The number of amides is 1. The van der Waals surface area contributed by atoms with Gasteiger partial charge < -0.3 is 15.0 Å². The van der Waals surface area contributed by atoms with Gasteiger partial charge in [0.2, 0.25) is 5.91 Å². The molecular weight excluding hydrogens is 402 g/mol. The molecule has 32 heavy (non-hydrogen) atoms. The van der Waals surface area contributed by atoms with E-state index in [9.17, 15) is 4.79 Å². The Morgan fingerprint density at radius 1 is 1.16 bits per heavy atom. The Morgan fingerprint density at radius 3 is 2.72 bits per heavy atom. The Kier molecular flexibility index (Phi) is 7.71. The zero-order valence-electron chi connectivity index (χ0n) is 19.2. The second kappa shape index (κ2) is 10.9. The fraction of sp³-hybridized carbons (Fsp3) is 0.560. The minimum atomic E-state index is -0.149. The fourth-order valence-electron chi connectivity index (χ4n) is 4.84. The SMILES string of the molecule is CC(C)N(C(=O)CN1CCOC(c2cccc(Nc3ccccn3)n2)C1)C1CCCCC1. The summed E-state index contributed by atoms with van der Waals surface area (Å²) in [5.74, 6) is 1.73. The molecule has 0 radical (unpaired) electrons. The Labute approximate surface area is 191 Å². The third-order valence-electron chi connectivity index (χ3n) is 6.34. The van der Waals surface area contributed by atoms with Gasteiger partial charge in [-0.15, -0.1) is 0 Å². The van der Waals surface area contributed by atoms with Crippen LogP contribution >= 0.6 is 0 Å². The number of carbonyl (C=O) groups excluding carboxylic acids is 1. The zero-order valence-corrected chi connectivity index (χ0v) is 19.2. The molecule has 4 rings (SSSR count). The largest absolute Gasteiger partial charge is 0.369 e. The summed E-state index contributed by atoms with van der Waals surface area (Å²) in [5, 5.41) is 3.24. The molecule has 7 heteroatoms. The lowest BCUT2D eigenvalue weighted by atomic mass is 9.93. The van der Waals surface area contributed by atoms with Gasteiger partial charge in [-0.2, -0.15) is 0 Å². The number of ether oxygens (including phenoxy) is 1. The van der Waals surface area contributed by atoms with E-state index in [0.717, 1.165) is 36.7 Å². The molecule has 1 amide bonds. The van der Waals surface area contributed by atoms with Crippen LogP contribution in [0.2, 0.25) is 0 Å². The van der Waals surface area contributed by atoms with Gasteiger partial charge >= 0.3 is 0 Å². The lowest BCUT2D eigenvalue weighted by Gasteiger charge is -2.39. The van der Waals surface area contributed by atoms with Crippen LogP contribution in [0.15, 0.2) is 42.6 Å². The molecule has 7 nitrogen and oxygen atoms in total. The summed E-state index contributed by atoms with van der Waals surface area (Å²) >= 11 is 0. The van der Waals surface area contributed by atoms with Crippen molar-refractivity contribution < 1.29 is 9.53 Å². The van der Waals surface area contributed by atoms with Gasteiger partial charge in [-0.25, -0.2) is 9.97 Å². The smallest absolute Gasteiger partial charge is 0.237 e. The molecule has 1 saturated heterocycles. The predicted molar refractivity (Wildman–Crippen MR) is 126 cm³/mol. The lowest BCUT2D eigenvalue weighted by Crippen LogP contribution is -2.51. The van der Waals surface area contributed by atoms with Crippen LogP contribution in [0.25, 0.3) is 0 Å². The molecular formula is C25H35N5O2. The normalized spacial score (nSPS) is 20.3. The van der Waals surface area contributed by atoms with Crippen LogP contribution in [-0.4, -0.2) is 64.0 Å². The average molecular weight is 438 g/mol. The van der Waals surface area contributed by atoms with E-state index in [1.165, 1.54) is 19.3 Å². The van der Waals surface area contributed by atoms with Crippen molar-refractivity contribution in [1.29, 1.82) is 0 Å². The summed E-state index contributed by atoms with van der Waals surface area (Å²) in [5.41, 5.74) is 0.871. The van der Waals surface area contributed by atoms with E-state index in [1.54, 1.807) is 6.20 Å². The molecule has 2 aromatic rings. The van der Waals surface area contributed by atoms with E-state index in [2.05, 4.69) is 33.9 Å². The number of nitrogens with zero attached hydrogens (tertiary/aromatic N) is 4. The van der Waals surface area contributed by atoms with Crippen LogP contribution in [0.5, 0.6) is 0 Å². The van der Waals surface area contributed by atoms with Gasteiger partial charge in [0.1, 0.15) is 17.7 Å². The van der Waals surface area contributed by atoms with E-state index in [1.807, 2.05) is 36.4 Å². The van der Waals surface area contributed by atoms with Gasteiger partial charge in [0, 0.05) is 31.4 Å². The summed E-state index contributed by atoms with van der Waals surface area (Å²) in [6.07, 6.45) is 7.63. The van der Waals surface area contributed by atoms with Crippen LogP contribution in [0.1, 0.15) is 57.7 Å². The summed E-state index contributed by atoms with van der Waals surface area (Å²) < 4.78 is 6.03. The van der Waals surface area contributed by atoms with Crippen molar-refractivity contribution in [2.24, 2.45) is 0 Å². The van der Waals surface area contributed by atoms with Crippen molar-refractivity contribution in [3.63, 3.8) is 0 Å². The van der Waals surface area contributed by atoms with Crippen molar-refractivity contribution in [2.75, 3.05) is 31.6 Å². The van der Waals surface area contributed by atoms with Gasteiger partial charge in [-0.05, 0) is 51.0 Å². The Morgan fingerprint density at radius 2 is 1.97 bits per heavy atom. The van der Waals surface area contributed by atoms with Crippen molar-refractivity contribution in [3.8, 4) is 0 Å². The highest BCUT2D eigenvalue weighted by molar-refractivity contribution is 5.79. The first-order chi connectivity index (χ1) is 15.6. The van der Waals surface area contributed by atoms with E-state index >= 15 is 0 Å². The molecule has 1 atom stereocenters. The summed E-state index contributed by atoms with van der Waals surface area (Å²) in [6.45, 7) is 6.76. The first-order valence-corrected chi connectivity index (χ1v) is 11.9. The lowest BCUT2D eigenvalue weighted by molar-refractivity contribution is -0.139. The number of hydrogen-bond donors (Lipinski definition) is 1. The predicted octanol–water partition coefficient (Wildman–Crippen LogP) is 4.16. The maximum Gasteiger partial charge on any atom is 0.237 e. The molecule has 2 fully saturated rings. The Hall–Kier alpha value is -2.51. The van der Waals surface area contributed by atoms with E-state index in [0.29, 0.717) is 25.7 Å². The fourth-order valence-corrected chi connectivity index (χ4v) is 4.84. The standard InChI is InChI=1S/C25H35N5O2/c1-19(2)30(20-9-4-3-5-10-20)25(31)18-29-15-16-32-22(17-29)21-11-8-13-24(27-21)28-23-12-6-7-14-26-23/h6-8,11-14,19-20,22H,3-5,9-10,15-18H2,1-2H3,(H,26,27,28). The number of hydrogen-bond acceptors (Lipinski definition) is 6. The minimum absolute atomic E-state index is 0.149. The molecule has 1 saturated carbocycles. The molecule has 172 valence electrons. The monoisotopic (exact) mass is 437 g/mol. The molecule has 2 aromatic heterocycles. The molecule has 0 spiro atoms. The summed E-state index contributed by atoms with van der Waals surface area (Å²) in [6, 6.07) is 12.2. The average Bonchev–Trinajstić information content (AvgIpc) is 2.81. The second-order valence-electron chi connectivity index (χ2n) is 9.07. The van der Waals surface area contributed by atoms with Crippen molar-refractivity contribution in [2.45, 2.75) is 64.1 Å². The van der Waals surface area contributed by atoms with Crippen molar-refractivity contribution in [1.82, 2.24) is 19.8 Å². The molecule has 1 aliphatic heterocycles. The quantitative estimate of drug-likeness (QED) is 0.701. The minimum Gasteiger partial charge on any atom is -0.369 e. The number of anilines is 2. The third kappa shape index (κ3) is 5.84. The van der Waals surface area contributed by atoms with Gasteiger partial charge in [0.05, 0.1) is 18.8 Å². The van der Waals surface area contributed by atoms with Crippen molar-refractivity contribution >= 4 is 17.5 Å². The van der Waals surface area contributed by atoms with E-state index in [4.69, 9.17) is 9.72 Å². The third-order valence-corrected chi connectivity index (χ3v) is 6.34. The number of rotatable bonds is 7. The molecule has 0 bridgehead atoms. The maximum atomic E-state index is 13.3. The summed E-state index contributed by atoms with van der Waals surface area (Å²) in [7, 11) is 0. The number of aromatic nitrogens is 2. The highest BCUT2D eigenvalue weighted by atomic mass is 16.5. The zero-order chi connectivity index (χ0) is 22.3. The van der Waals surface area contributed by atoms with Gasteiger partial charge in [-0.3, -0.25) is 9.69 Å². The first kappa shape index (κ1) is 22.7. The number of morpholine rings is 1. The van der Waals surface area contributed by atoms with Crippen LogP contribution in [0.4, 0.5) is 11.6 Å². The highest BCUT2D eigenvalue weighted by Gasteiger charge is 2.31. The molecule has 3 heterocycles. The number of nitrogens with one attached hydrogen (secondary N) is 1. The van der Waals surface area contributed by atoms with Gasteiger partial charge in [0.15, 0.2) is 0 Å². The van der Waals surface area contributed by atoms with E-state index in [-0.39, 0.29) is 18.1 Å². The Bertz CT molecular complexity index is 870. The van der Waals surface area contributed by atoms with Crippen LogP contribution < -0.4 is 5.32 Å². The molecule has 1 aliphatic carbocycles. The van der Waals surface area contributed by atoms with E-state index < -0.39 is 0 Å². The Balaban J connectivity index is 1.38. The van der Waals surface area contributed by atoms with Crippen LogP contribution in [0.3, 0.4) is 0 Å². The molecule has 1 unspecified atom stereocenters. The highest BCUT2D eigenvalue weighted by Crippen LogP contribution is 2.26. The molecule has 0 aromatic carbocycles. The molecule has 2 aliphatic rings. The first-order valence-electron chi connectivity index (χ1n) is 11.9. The number of pyridine rings is 2. The summed E-state index contributed by atoms with van der Waals surface area (Å²) in [4.78, 5) is 26.7. The molecule has 1 N–H and O–H groups in total. The number of carbonyl (C=O) groups is 1.